The van der Waals surface area contributed by atoms with Crippen LogP contribution in [0.15, 0.2) is 53.1 Å². The SMILES string of the molecule is [2H]C([2H])([2H])c1ccc2c(n1)oc1c(-c3cc4cc(C)sc4cn3)cccc12. The number of furan rings is 1. The molecule has 4 heteroatoms. The van der Waals surface area contributed by atoms with Gasteiger partial charge in [0.15, 0.2) is 0 Å². The predicted molar refractivity (Wildman–Crippen MR) is 99.6 cm³/mol. The maximum Gasteiger partial charge on any atom is 0.227 e. The Balaban J connectivity index is 1.76. The van der Waals surface area contributed by atoms with Crippen LogP contribution in [0.1, 0.15) is 14.7 Å². The van der Waals surface area contributed by atoms with Gasteiger partial charge in [-0.15, -0.1) is 11.3 Å². The Morgan fingerprint density at radius 2 is 2.08 bits per heavy atom. The first-order valence-corrected chi connectivity index (χ1v) is 8.41. The highest BCUT2D eigenvalue weighted by Gasteiger charge is 2.14. The Hall–Kier alpha value is -2.72. The maximum atomic E-state index is 7.56. The quantitative estimate of drug-likeness (QED) is 0.385. The molecule has 0 aliphatic rings. The third-order valence-electron chi connectivity index (χ3n) is 4.17. The van der Waals surface area contributed by atoms with Gasteiger partial charge in [0.05, 0.1) is 10.4 Å². The van der Waals surface area contributed by atoms with Crippen molar-refractivity contribution >= 4 is 43.5 Å². The van der Waals surface area contributed by atoms with Gasteiger partial charge in [0.25, 0.3) is 0 Å². The van der Waals surface area contributed by atoms with E-state index in [2.05, 4.69) is 29.0 Å². The van der Waals surface area contributed by atoms with Gasteiger partial charge in [-0.25, -0.2) is 4.98 Å². The lowest BCUT2D eigenvalue weighted by Crippen LogP contribution is -1.83. The molecule has 3 nitrogen and oxygen atoms in total. The molecule has 0 aliphatic heterocycles. The van der Waals surface area contributed by atoms with E-state index in [1.54, 1.807) is 17.4 Å². The van der Waals surface area contributed by atoms with Crippen LogP contribution in [0.5, 0.6) is 0 Å². The zero-order valence-electron chi connectivity index (χ0n) is 15.8. The molecule has 0 spiro atoms. The largest absolute Gasteiger partial charge is 0.437 e. The monoisotopic (exact) mass is 333 g/mol. The molecule has 5 rings (SSSR count). The molecule has 24 heavy (non-hydrogen) atoms. The van der Waals surface area contributed by atoms with Gasteiger partial charge in [-0.3, -0.25) is 4.98 Å². The summed E-state index contributed by atoms with van der Waals surface area (Å²) in [6.07, 6.45) is 1.88. The van der Waals surface area contributed by atoms with Crippen LogP contribution < -0.4 is 0 Å². The van der Waals surface area contributed by atoms with Gasteiger partial charge in [0.2, 0.25) is 5.71 Å². The fraction of sp³-hybridized carbons (Fsp3) is 0.100. The van der Waals surface area contributed by atoms with Gasteiger partial charge in [-0.05, 0) is 49.5 Å². The zero-order chi connectivity index (χ0) is 18.8. The Morgan fingerprint density at radius 3 is 3.00 bits per heavy atom. The summed E-state index contributed by atoms with van der Waals surface area (Å²) in [6, 6.07) is 13.4. The van der Waals surface area contributed by atoms with Gasteiger partial charge >= 0.3 is 0 Å². The van der Waals surface area contributed by atoms with E-state index >= 15 is 0 Å². The molecule has 0 bridgehead atoms. The number of nitrogens with zero attached hydrogens (tertiary/aromatic N) is 2. The minimum Gasteiger partial charge on any atom is -0.437 e. The summed E-state index contributed by atoms with van der Waals surface area (Å²) in [5.41, 5.74) is 2.72. The summed E-state index contributed by atoms with van der Waals surface area (Å²) < 4.78 is 29.8. The molecule has 116 valence electrons. The number of hydrogen-bond acceptors (Lipinski definition) is 4. The van der Waals surface area contributed by atoms with Crippen LogP contribution in [0.4, 0.5) is 0 Å². The molecule has 4 aromatic heterocycles. The molecule has 0 saturated heterocycles. The van der Waals surface area contributed by atoms with Crippen molar-refractivity contribution in [3.8, 4) is 11.3 Å². The van der Waals surface area contributed by atoms with E-state index in [0.29, 0.717) is 11.3 Å². The predicted octanol–water partition coefficient (Wildman–Crippen LogP) is 5.87. The number of thiophene rings is 1. The van der Waals surface area contributed by atoms with Crippen molar-refractivity contribution in [3.63, 3.8) is 0 Å². The lowest BCUT2D eigenvalue weighted by molar-refractivity contribution is 0.653. The van der Waals surface area contributed by atoms with Crippen molar-refractivity contribution in [1.29, 1.82) is 0 Å². The molecule has 0 unspecified atom stereocenters. The molecule has 4 heterocycles. The fourth-order valence-electron chi connectivity index (χ4n) is 3.11. The third kappa shape index (κ3) is 1.96. The Morgan fingerprint density at radius 1 is 1.12 bits per heavy atom. The molecular weight excluding hydrogens is 316 g/mol. The Bertz CT molecular complexity index is 1330. The Kier molecular flexibility index (Phi) is 2.23. The van der Waals surface area contributed by atoms with E-state index in [0.717, 1.165) is 32.1 Å². The smallest absolute Gasteiger partial charge is 0.227 e. The average Bonchev–Trinajstić information content (AvgIpc) is 3.18. The highest BCUT2D eigenvalue weighted by molar-refractivity contribution is 7.18. The second kappa shape index (κ2) is 4.89. The van der Waals surface area contributed by atoms with Crippen molar-refractivity contribution in [2.45, 2.75) is 13.8 Å². The van der Waals surface area contributed by atoms with Gasteiger partial charge < -0.3 is 4.42 Å². The second-order valence-electron chi connectivity index (χ2n) is 5.80. The van der Waals surface area contributed by atoms with Crippen LogP contribution in [0.25, 0.3) is 43.4 Å². The minimum absolute atomic E-state index is 0.0314. The minimum atomic E-state index is -2.26. The average molecular weight is 333 g/mol. The zero-order valence-corrected chi connectivity index (χ0v) is 13.6. The highest BCUT2D eigenvalue weighted by Crippen LogP contribution is 2.36. The number of para-hydroxylation sites is 1. The number of rotatable bonds is 1. The fourth-order valence-corrected chi connectivity index (χ4v) is 3.98. The molecule has 0 amide bonds. The van der Waals surface area contributed by atoms with Crippen LogP contribution in [-0.4, -0.2) is 9.97 Å². The van der Waals surface area contributed by atoms with E-state index in [1.165, 1.54) is 10.9 Å². The highest BCUT2D eigenvalue weighted by atomic mass is 32.1. The van der Waals surface area contributed by atoms with Crippen LogP contribution in [0.3, 0.4) is 0 Å². The van der Waals surface area contributed by atoms with Crippen LogP contribution in [0, 0.1) is 13.8 Å². The summed E-state index contributed by atoms with van der Waals surface area (Å²) in [4.78, 5) is 10.1. The number of hydrogen-bond donors (Lipinski definition) is 0. The summed E-state index contributed by atoms with van der Waals surface area (Å²) in [7, 11) is 0. The summed E-state index contributed by atoms with van der Waals surface area (Å²) >= 11 is 1.72. The summed E-state index contributed by atoms with van der Waals surface area (Å²) in [5, 5.41) is 2.85. The normalized spacial score (nSPS) is 14.1. The molecular formula is C20H14N2OS. The second-order valence-corrected chi connectivity index (χ2v) is 7.09. The topological polar surface area (TPSA) is 38.9 Å². The van der Waals surface area contributed by atoms with E-state index in [4.69, 9.17) is 8.53 Å². The van der Waals surface area contributed by atoms with E-state index in [-0.39, 0.29) is 5.69 Å². The first-order chi connectivity index (χ1) is 12.9. The van der Waals surface area contributed by atoms with Gasteiger partial charge in [-0.2, -0.15) is 0 Å². The molecule has 5 aromatic rings. The van der Waals surface area contributed by atoms with Gasteiger partial charge in [0, 0.05) is 37.2 Å². The van der Waals surface area contributed by atoms with E-state index in [9.17, 15) is 0 Å². The molecule has 1 aromatic carbocycles. The first-order valence-electron chi connectivity index (χ1n) is 9.09. The van der Waals surface area contributed by atoms with Crippen LogP contribution in [-0.2, 0) is 0 Å². The molecule has 0 saturated carbocycles. The van der Waals surface area contributed by atoms with E-state index in [1.807, 2.05) is 24.4 Å². The number of benzene rings is 1. The molecule has 0 fully saturated rings. The van der Waals surface area contributed by atoms with E-state index < -0.39 is 6.85 Å². The molecule has 0 N–H and O–H groups in total. The lowest BCUT2D eigenvalue weighted by atomic mass is 10.1. The van der Waals surface area contributed by atoms with Crippen molar-refractivity contribution in [2.75, 3.05) is 0 Å². The maximum absolute atomic E-state index is 7.56. The van der Waals surface area contributed by atoms with Crippen molar-refractivity contribution in [2.24, 2.45) is 0 Å². The Labute approximate surface area is 146 Å². The number of aryl methyl sites for hydroxylation is 2. The van der Waals surface area contributed by atoms with Crippen molar-refractivity contribution in [1.82, 2.24) is 9.97 Å². The number of pyridine rings is 2. The standard InChI is InChI=1S/C20H14N2OS/c1-11-6-7-15-14-4-3-5-16(19(14)23-20(15)22-11)17-9-13-8-12(2)24-18(13)10-21-17/h3-10H,1-2H3/i1D3. The first kappa shape index (κ1) is 10.9. The number of fused-ring (bicyclic) bond motifs is 4. The molecule has 0 atom stereocenters. The van der Waals surface area contributed by atoms with Crippen molar-refractivity contribution in [3.05, 3.63) is 59.2 Å². The lowest BCUT2D eigenvalue weighted by Gasteiger charge is -2.02. The summed E-state index contributed by atoms with van der Waals surface area (Å²) in [5.74, 6) is 0. The van der Waals surface area contributed by atoms with Crippen LogP contribution >= 0.6 is 11.3 Å². The molecule has 0 radical (unpaired) electrons. The van der Waals surface area contributed by atoms with Gasteiger partial charge in [-0.1, -0.05) is 12.1 Å². The number of aromatic nitrogens is 2. The summed E-state index contributed by atoms with van der Waals surface area (Å²) in [6.45, 7) is -0.183. The molecule has 0 aliphatic carbocycles. The third-order valence-corrected chi connectivity index (χ3v) is 5.17. The van der Waals surface area contributed by atoms with Crippen LogP contribution in [0.2, 0.25) is 0 Å². The van der Waals surface area contributed by atoms with Gasteiger partial charge in [0.1, 0.15) is 5.58 Å². The van der Waals surface area contributed by atoms with Crippen molar-refractivity contribution < 1.29 is 8.53 Å².